The molecule has 0 saturated carbocycles. The van der Waals surface area contributed by atoms with E-state index in [1.165, 1.54) is 0 Å². The fraction of sp³-hybridized carbons (Fsp3) is 0.455. The second kappa shape index (κ2) is 5.21. The summed E-state index contributed by atoms with van der Waals surface area (Å²) in [6.45, 7) is 2.17. The van der Waals surface area contributed by atoms with Gasteiger partial charge in [0.1, 0.15) is 0 Å². The van der Waals surface area contributed by atoms with Crippen LogP contribution in [-0.4, -0.2) is 32.6 Å². The fourth-order valence-corrected chi connectivity index (χ4v) is 2.26. The Kier molecular flexibility index (Phi) is 3.66. The van der Waals surface area contributed by atoms with Crippen LogP contribution in [0.4, 0.5) is 5.95 Å². The monoisotopic (exact) mass is 236 g/mol. The molecule has 0 aliphatic carbocycles. The lowest BCUT2D eigenvalue weighted by Crippen LogP contribution is -2.21. The van der Waals surface area contributed by atoms with Crippen molar-refractivity contribution in [3.05, 3.63) is 24.4 Å². The van der Waals surface area contributed by atoms with Crippen LogP contribution in [-0.2, 0) is 0 Å². The van der Waals surface area contributed by atoms with Crippen LogP contribution in [0.3, 0.4) is 0 Å². The van der Waals surface area contributed by atoms with Crippen molar-refractivity contribution in [2.45, 2.75) is 19.4 Å². The van der Waals surface area contributed by atoms with Gasteiger partial charge in [-0.15, -0.1) is 5.10 Å². The van der Waals surface area contributed by atoms with Gasteiger partial charge in [-0.25, -0.2) is 4.52 Å². The Bertz CT molecular complexity index is 421. The average Bonchev–Trinajstić information content (AvgIpc) is 2.70. The van der Waals surface area contributed by atoms with Crippen molar-refractivity contribution < 1.29 is 0 Å². The van der Waals surface area contributed by atoms with E-state index >= 15 is 0 Å². The third-order valence-electron chi connectivity index (χ3n) is 2.44. The zero-order valence-corrected chi connectivity index (χ0v) is 10.4. The normalized spacial score (nSPS) is 12.9. The molecule has 0 saturated heterocycles. The number of fused-ring (bicyclic) bond motifs is 1. The summed E-state index contributed by atoms with van der Waals surface area (Å²) < 4.78 is 1.79. The highest BCUT2D eigenvalue weighted by atomic mass is 32.2. The SMILES string of the molecule is CCC(CSC)Nc1nc2ccccn2n1. The lowest BCUT2D eigenvalue weighted by Gasteiger charge is -2.13. The summed E-state index contributed by atoms with van der Waals surface area (Å²) in [6.07, 6.45) is 5.10. The minimum atomic E-state index is 0.437. The molecule has 0 bridgehead atoms. The maximum absolute atomic E-state index is 4.41. The molecule has 0 amide bonds. The molecule has 2 aromatic heterocycles. The quantitative estimate of drug-likeness (QED) is 0.865. The number of nitrogens with zero attached hydrogens (tertiary/aromatic N) is 3. The molecule has 5 heteroatoms. The number of aromatic nitrogens is 3. The highest BCUT2D eigenvalue weighted by Crippen LogP contribution is 2.09. The Morgan fingerprint density at radius 3 is 3.06 bits per heavy atom. The van der Waals surface area contributed by atoms with Gasteiger partial charge in [0.2, 0.25) is 5.95 Å². The summed E-state index contributed by atoms with van der Waals surface area (Å²) in [7, 11) is 0. The van der Waals surface area contributed by atoms with Crippen molar-refractivity contribution >= 4 is 23.4 Å². The molecule has 0 aliphatic heterocycles. The van der Waals surface area contributed by atoms with E-state index in [1.807, 2.05) is 36.2 Å². The predicted octanol–water partition coefficient (Wildman–Crippen LogP) is 2.28. The second-order valence-electron chi connectivity index (χ2n) is 3.64. The van der Waals surface area contributed by atoms with E-state index < -0.39 is 0 Å². The summed E-state index contributed by atoms with van der Waals surface area (Å²) in [6, 6.07) is 6.30. The first-order valence-electron chi connectivity index (χ1n) is 5.40. The van der Waals surface area contributed by atoms with Crippen LogP contribution < -0.4 is 5.32 Å². The molecule has 1 atom stereocenters. The first-order chi connectivity index (χ1) is 7.83. The third-order valence-corrected chi connectivity index (χ3v) is 3.17. The van der Waals surface area contributed by atoms with Crippen LogP contribution >= 0.6 is 11.8 Å². The Morgan fingerprint density at radius 1 is 1.50 bits per heavy atom. The number of anilines is 1. The molecule has 2 aromatic rings. The van der Waals surface area contributed by atoms with Gasteiger partial charge in [0.15, 0.2) is 5.65 Å². The highest BCUT2D eigenvalue weighted by Gasteiger charge is 2.08. The lowest BCUT2D eigenvalue weighted by atomic mass is 10.3. The predicted molar refractivity (Wildman–Crippen MR) is 69.1 cm³/mol. The van der Waals surface area contributed by atoms with Crippen LogP contribution in [0.2, 0.25) is 0 Å². The topological polar surface area (TPSA) is 42.2 Å². The van der Waals surface area contributed by atoms with Crippen LogP contribution in [0.1, 0.15) is 13.3 Å². The van der Waals surface area contributed by atoms with Crippen molar-refractivity contribution in [3.63, 3.8) is 0 Å². The molecule has 4 nitrogen and oxygen atoms in total. The van der Waals surface area contributed by atoms with Gasteiger partial charge in [0.05, 0.1) is 0 Å². The van der Waals surface area contributed by atoms with E-state index in [0.717, 1.165) is 17.8 Å². The first-order valence-corrected chi connectivity index (χ1v) is 6.79. The molecule has 2 rings (SSSR count). The summed E-state index contributed by atoms with van der Waals surface area (Å²) in [4.78, 5) is 4.41. The van der Waals surface area contributed by atoms with Crippen molar-refractivity contribution in [1.29, 1.82) is 0 Å². The Balaban J connectivity index is 2.14. The highest BCUT2D eigenvalue weighted by molar-refractivity contribution is 7.98. The van der Waals surface area contributed by atoms with Crippen molar-refractivity contribution in [3.8, 4) is 0 Å². The molecule has 0 fully saturated rings. The van der Waals surface area contributed by atoms with Crippen LogP contribution in [0.15, 0.2) is 24.4 Å². The van der Waals surface area contributed by atoms with Gasteiger partial charge in [-0.3, -0.25) is 0 Å². The molecule has 1 unspecified atom stereocenters. The molecule has 1 N–H and O–H groups in total. The molecular weight excluding hydrogens is 220 g/mol. The van der Waals surface area contributed by atoms with Crippen molar-refractivity contribution in [2.75, 3.05) is 17.3 Å². The fourth-order valence-electron chi connectivity index (χ4n) is 1.54. The maximum atomic E-state index is 4.41. The van der Waals surface area contributed by atoms with Gasteiger partial charge in [0.25, 0.3) is 0 Å². The van der Waals surface area contributed by atoms with Crippen molar-refractivity contribution in [1.82, 2.24) is 14.6 Å². The Hall–Kier alpha value is -1.23. The summed E-state index contributed by atoms with van der Waals surface area (Å²) >= 11 is 1.84. The Morgan fingerprint density at radius 2 is 2.38 bits per heavy atom. The molecule has 0 aliphatic rings. The molecule has 86 valence electrons. The molecular formula is C11H16N4S. The maximum Gasteiger partial charge on any atom is 0.243 e. The number of nitrogens with one attached hydrogen (secondary N) is 1. The van der Waals surface area contributed by atoms with Gasteiger partial charge in [-0.2, -0.15) is 16.7 Å². The standard InChI is InChI=1S/C11H16N4S/c1-3-9(8-16-2)12-11-13-10-6-4-5-7-15(10)14-11/h4-7,9H,3,8H2,1-2H3,(H,12,14). The van der Waals surface area contributed by atoms with Gasteiger partial charge in [-0.05, 0) is 24.8 Å². The molecule has 0 aromatic carbocycles. The smallest absolute Gasteiger partial charge is 0.243 e. The summed E-state index contributed by atoms with van der Waals surface area (Å²) in [5.41, 5.74) is 0.879. The van der Waals surface area contributed by atoms with Crippen molar-refractivity contribution in [2.24, 2.45) is 0 Å². The third kappa shape index (κ3) is 2.47. The molecule has 0 radical (unpaired) electrons. The van der Waals surface area contributed by atoms with Gasteiger partial charge < -0.3 is 5.32 Å². The second-order valence-corrected chi connectivity index (χ2v) is 4.55. The number of pyridine rings is 1. The zero-order valence-electron chi connectivity index (χ0n) is 9.55. The number of hydrogen-bond acceptors (Lipinski definition) is 4. The lowest BCUT2D eigenvalue weighted by molar-refractivity contribution is 0.762. The largest absolute Gasteiger partial charge is 0.349 e. The van der Waals surface area contributed by atoms with Gasteiger partial charge in [0, 0.05) is 18.0 Å². The van der Waals surface area contributed by atoms with Crippen LogP contribution in [0.25, 0.3) is 5.65 Å². The van der Waals surface area contributed by atoms with Gasteiger partial charge in [-0.1, -0.05) is 13.0 Å². The first kappa shape index (κ1) is 11.3. The number of rotatable bonds is 5. The minimum Gasteiger partial charge on any atom is -0.349 e. The molecule has 0 spiro atoms. The summed E-state index contributed by atoms with van der Waals surface area (Å²) in [5.74, 6) is 1.79. The van der Waals surface area contributed by atoms with E-state index in [1.54, 1.807) is 4.52 Å². The zero-order chi connectivity index (χ0) is 11.4. The van der Waals surface area contributed by atoms with Crippen LogP contribution in [0.5, 0.6) is 0 Å². The number of hydrogen-bond donors (Lipinski definition) is 1. The van der Waals surface area contributed by atoms with Gasteiger partial charge >= 0.3 is 0 Å². The number of thioether (sulfide) groups is 1. The van der Waals surface area contributed by atoms with E-state index in [4.69, 9.17) is 0 Å². The molecule has 16 heavy (non-hydrogen) atoms. The van der Waals surface area contributed by atoms with E-state index in [2.05, 4.69) is 28.6 Å². The van der Waals surface area contributed by atoms with E-state index in [0.29, 0.717) is 12.0 Å². The average molecular weight is 236 g/mol. The Labute approximate surface area is 99.5 Å². The summed E-state index contributed by atoms with van der Waals surface area (Å²) in [5, 5.41) is 7.72. The van der Waals surface area contributed by atoms with E-state index in [-0.39, 0.29) is 0 Å². The van der Waals surface area contributed by atoms with E-state index in [9.17, 15) is 0 Å². The molecule has 2 heterocycles. The van der Waals surface area contributed by atoms with Crippen LogP contribution in [0, 0.1) is 0 Å². The minimum absolute atomic E-state index is 0.437.